The zero-order chi connectivity index (χ0) is 19.5. The van der Waals surface area contributed by atoms with Gasteiger partial charge in [-0.3, -0.25) is 14.6 Å². The fraction of sp³-hybridized carbons (Fsp3) is 0.143. The maximum atomic E-state index is 12.6. The summed E-state index contributed by atoms with van der Waals surface area (Å²) < 4.78 is 66.0. The van der Waals surface area contributed by atoms with E-state index in [0.29, 0.717) is 4.47 Å². The Bertz CT molecular complexity index is 901. The van der Waals surface area contributed by atoms with Crippen LogP contribution in [0.1, 0.15) is 10.4 Å². The number of hydrogen-bond acceptors (Lipinski definition) is 6. The first-order chi connectivity index (χ1) is 12.0. The molecule has 0 aliphatic heterocycles. The molecule has 0 radical (unpaired) electrons. The van der Waals surface area contributed by atoms with Crippen molar-refractivity contribution in [3.63, 3.8) is 0 Å². The standard InChI is InChI=1S/C14H12F3N3O5S/c1-24-20(10-2-4-11(5-3-10)25-14(15,16)17)26(22,23)12-6-9(13(18)21)7-19-8-12/h2-8H,1H3,(H2,18,21). The maximum absolute atomic E-state index is 12.6. The Morgan fingerprint density at radius 2 is 1.81 bits per heavy atom. The molecule has 8 nitrogen and oxygen atoms in total. The van der Waals surface area contributed by atoms with E-state index in [1.807, 2.05) is 0 Å². The zero-order valence-electron chi connectivity index (χ0n) is 13.1. The van der Waals surface area contributed by atoms with Gasteiger partial charge in [0.2, 0.25) is 5.91 Å². The van der Waals surface area contributed by atoms with Gasteiger partial charge in [0.05, 0.1) is 18.4 Å². The van der Waals surface area contributed by atoms with E-state index in [0.717, 1.165) is 49.8 Å². The number of rotatable bonds is 6. The average Bonchev–Trinajstić information content (AvgIpc) is 2.55. The fourth-order valence-corrected chi connectivity index (χ4v) is 3.16. The molecule has 0 saturated heterocycles. The van der Waals surface area contributed by atoms with Crippen LogP contribution in [0.2, 0.25) is 0 Å². The number of aromatic nitrogens is 1. The molecule has 0 bridgehead atoms. The largest absolute Gasteiger partial charge is 0.573 e. The van der Waals surface area contributed by atoms with Crippen LogP contribution >= 0.6 is 0 Å². The maximum Gasteiger partial charge on any atom is 0.573 e. The van der Waals surface area contributed by atoms with Gasteiger partial charge in [-0.1, -0.05) is 0 Å². The molecule has 0 spiro atoms. The Hall–Kier alpha value is -2.86. The highest BCUT2D eigenvalue weighted by molar-refractivity contribution is 7.92. The predicted octanol–water partition coefficient (Wildman–Crippen LogP) is 1.84. The molecule has 2 aromatic rings. The molecule has 2 rings (SSSR count). The molecule has 0 aliphatic rings. The van der Waals surface area contributed by atoms with Gasteiger partial charge in [-0.25, -0.2) is 0 Å². The molecule has 26 heavy (non-hydrogen) atoms. The number of carbonyl (C=O) groups is 1. The summed E-state index contributed by atoms with van der Waals surface area (Å²) in [6.07, 6.45) is -2.83. The van der Waals surface area contributed by atoms with Crippen molar-refractivity contribution in [1.82, 2.24) is 4.98 Å². The molecule has 1 heterocycles. The minimum Gasteiger partial charge on any atom is -0.406 e. The third kappa shape index (κ3) is 4.40. The number of nitrogens with two attached hydrogens (primary N) is 1. The van der Waals surface area contributed by atoms with E-state index in [4.69, 9.17) is 10.6 Å². The Balaban J connectivity index is 2.37. The number of amides is 1. The van der Waals surface area contributed by atoms with Crippen LogP contribution in [0.4, 0.5) is 18.9 Å². The number of benzene rings is 1. The number of pyridine rings is 1. The monoisotopic (exact) mass is 391 g/mol. The highest BCUT2D eigenvalue weighted by atomic mass is 32.2. The number of alkyl halides is 3. The Morgan fingerprint density at radius 3 is 2.31 bits per heavy atom. The van der Waals surface area contributed by atoms with Gasteiger partial charge in [0.25, 0.3) is 10.0 Å². The first-order valence-corrected chi connectivity index (χ1v) is 8.18. The third-order valence-corrected chi connectivity index (χ3v) is 4.58. The lowest BCUT2D eigenvalue weighted by Crippen LogP contribution is -2.30. The minimum atomic E-state index is -4.88. The summed E-state index contributed by atoms with van der Waals surface area (Å²) in [7, 11) is -3.29. The van der Waals surface area contributed by atoms with Crippen molar-refractivity contribution >= 4 is 21.6 Å². The molecule has 0 fully saturated rings. The second-order valence-electron chi connectivity index (χ2n) is 4.73. The Kier molecular flexibility index (Phi) is 5.37. The molecule has 2 N–H and O–H groups in total. The smallest absolute Gasteiger partial charge is 0.406 e. The highest BCUT2D eigenvalue weighted by Crippen LogP contribution is 2.28. The number of nitrogens with zero attached hydrogens (tertiary/aromatic N) is 2. The summed E-state index contributed by atoms with van der Waals surface area (Å²) in [5, 5.41) is 0. The van der Waals surface area contributed by atoms with Gasteiger partial charge in [0.15, 0.2) is 0 Å². The molecular formula is C14H12F3N3O5S. The van der Waals surface area contributed by atoms with Gasteiger partial charge in [-0.05, 0) is 30.3 Å². The molecule has 12 heteroatoms. The van der Waals surface area contributed by atoms with Crippen LogP contribution < -0.4 is 14.9 Å². The van der Waals surface area contributed by atoms with Crippen molar-refractivity contribution in [2.24, 2.45) is 5.73 Å². The summed E-state index contributed by atoms with van der Waals surface area (Å²) >= 11 is 0. The number of halogens is 3. The van der Waals surface area contributed by atoms with E-state index in [1.165, 1.54) is 0 Å². The minimum absolute atomic E-state index is 0.105. The first-order valence-electron chi connectivity index (χ1n) is 6.74. The van der Waals surface area contributed by atoms with Crippen LogP contribution in [-0.4, -0.2) is 32.8 Å². The lowest BCUT2D eigenvalue weighted by Gasteiger charge is -2.21. The van der Waals surface area contributed by atoms with Gasteiger partial charge in [-0.15, -0.1) is 17.6 Å². The summed E-state index contributed by atoms with van der Waals surface area (Å²) in [4.78, 5) is 19.2. The van der Waals surface area contributed by atoms with Gasteiger partial charge in [0, 0.05) is 12.4 Å². The number of anilines is 1. The Morgan fingerprint density at radius 1 is 1.19 bits per heavy atom. The molecule has 1 amide bonds. The molecule has 1 aromatic heterocycles. The van der Waals surface area contributed by atoms with E-state index < -0.39 is 32.9 Å². The Labute approximate surface area is 146 Å². The summed E-state index contributed by atoms with van der Waals surface area (Å²) in [5.74, 6) is -1.42. The molecule has 0 aliphatic carbocycles. The summed E-state index contributed by atoms with van der Waals surface area (Å²) in [5.41, 5.74) is 4.84. The predicted molar refractivity (Wildman–Crippen MR) is 82.6 cm³/mol. The molecule has 0 saturated carbocycles. The topological polar surface area (TPSA) is 112 Å². The second kappa shape index (κ2) is 7.17. The van der Waals surface area contributed by atoms with Crippen LogP contribution in [0.15, 0.2) is 47.6 Å². The van der Waals surface area contributed by atoms with Gasteiger partial charge in [-0.2, -0.15) is 8.42 Å². The molecule has 140 valence electrons. The van der Waals surface area contributed by atoms with Crippen molar-refractivity contribution in [3.05, 3.63) is 48.3 Å². The number of carbonyl (C=O) groups excluding carboxylic acids is 1. The van der Waals surface area contributed by atoms with Crippen LogP contribution in [0, 0.1) is 0 Å². The van der Waals surface area contributed by atoms with Crippen LogP contribution in [0.5, 0.6) is 5.75 Å². The number of sulfonamides is 1. The van der Waals surface area contributed by atoms with Gasteiger partial charge in [0.1, 0.15) is 10.6 Å². The summed E-state index contributed by atoms with van der Waals surface area (Å²) in [6, 6.07) is 4.93. The highest BCUT2D eigenvalue weighted by Gasteiger charge is 2.31. The second-order valence-corrected chi connectivity index (χ2v) is 6.48. The molecular weight excluding hydrogens is 379 g/mol. The first kappa shape index (κ1) is 19.5. The van der Waals surface area contributed by atoms with E-state index in [2.05, 4.69) is 9.72 Å². The summed E-state index contributed by atoms with van der Waals surface area (Å²) in [6.45, 7) is 0. The van der Waals surface area contributed by atoms with E-state index in [-0.39, 0.29) is 11.3 Å². The van der Waals surface area contributed by atoms with Crippen molar-refractivity contribution < 1.29 is 36.0 Å². The van der Waals surface area contributed by atoms with Crippen LogP contribution in [0.25, 0.3) is 0 Å². The van der Waals surface area contributed by atoms with Gasteiger partial charge < -0.3 is 10.5 Å². The normalized spacial score (nSPS) is 11.8. The average molecular weight is 391 g/mol. The SMILES string of the molecule is CON(c1ccc(OC(F)(F)F)cc1)S(=O)(=O)c1cncc(C(N)=O)c1. The third-order valence-electron chi connectivity index (χ3n) is 2.96. The lowest BCUT2D eigenvalue weighted by atomic mass is 10.3. The van der Waals surface area contributed by atoms with Crippen molar-refractivity contribution in [2.75, 3.05) is 11.6 Å². The molecule has 0 unspecified atom stereocenters. The number of hydrogen-bond donors (Lipinski definition) is 1. The molecule has 1 aromatic carbocycles. The van der Waals surface area contributed by atoms with Crippen molar-refractivity contribution in [3.8, 4) is 5.75 Å². The van der Waals surface area contributed by atoms with Crippen molar-refractivity contribution in [2.45, 2.75) is 11.3 Å². The van der Waals surface area contributed by atoms with Crippen molar-refractivity contribution in [1.29, 1.82) is 0 Å². The number of primary amides is 1. The zero-order valence-corrected chi connectivity index (χ0v) is 13.9. The van der Waals surface area contributed by atoms with E-state index in [1.54, 1.807) is 0 Å². The lowest BCUT2D eigenvalue weighted by molar-refractivity contribution is -0.274. The van der Waals surface area contributed by atoms with Crippen LogP contribution in [0.3, 0.4) is 0 Å². The number of ether oxygens (including phenoxy) is 1. The van der Waals surface area contributed by atoms with Crippen LogP contribution in [-0.2, 0) is 14.9 Å². The quantitative estimate of drug-likeness (QED) is 0.752. The van der Waals surface area contributed by atoms with E-state index in [9.17, 15) is 26.4 Å². The molecule has 0 atom stereocenters. The van der Waals surface area contributed by atoms with Gasteiger partial charge >= 0.3 is 6.36 Å². The van der Waals surface area contributed by atoms with E-state index >= 15 is 0 Å². The fourth-order valence-electron chi connectivity index (χ4n) is 1.90.